The number of halogens is 1. The van der Waals surface area contributed by atoms with E-state index >= 15 is 0 Å². The maximum atomic E-state index is 13.7. The van der Waals surface area contributed by atoms with Gasteiger partial charge in [-0.2, -0.15) is 0 Å². The number of nitrogens with one attached hydrogen (secondary N) is 1. The Morgan fingerprint density at radius 1 is 1.17 bits per heavy atom. The molecule has 0 bridgehead atoms. The standard InChI is InChI=1S/C18H21FN2O2/c1-21(2)16(14-9-5-7-11-17(14)23-3)12-20-18(22)13-8-4-6-10-15(13)19/h4-11,16H,12H2,1-3H3,(H,20,22). The molecule has 0 aliphatic rings. The molecule has 1 atom stereocenters. The average Bonchev–Trinajstić information content (AvgIpc) is 2.55. The minimum absolute atomic E-state index is 0.0463. The van der Waals surface area contributed by atoms with Gasteiger partial charge in [0.25, 0.3) is 5.91 Å². The van der Waals surface area contributed by atoms with Crippen molar-refractivity contribution in [2.24, 2.45) is 0 Å². The number of likely N-dealkylation sites (N-methyl/N-ethyl adjacent to an activating group) is 1. The lowest BCUT2D eigenvalue weighted by molar-refractivity contribution is 0.0937. The van der Waals surface area contributed by atoms with Crippen molar-refractivity contribution in [3.8, 4) is 5.75 Å². The molecule has 5 heteroatoms. The van der Waals surface area contributed by atoms with Crippen LogP contribution < -0.4 is 10.1 Å². The van der Waals surface area contributed by atoms with E-state index in [-0.39, 0.29) is 11.6 Å². The molecule has 0 aliphatic heterocycles. The first-order chi connectivity index (χ1) is 11.0. The fourth-order valence-corrected chi connectivity index (χ4v) is 2.44. The lowest BCUT2D eigenvalue weighted by atomic mass is 10.0. The highest BCUT2D eigenvalue weighted by molar-refractivity contribution is 5.94. The zero-order valence-electron chi connectivity index (χ0n) is 13.5. The van der Waals surface area contributed by atoms with Gasteiger partial charge in [-0.25, -0.2) is 4.39 Å². The number of para-hydroxylation sites is 1. The molecule has 0 spiro atoms. The Kier molecular flexibility index (Phi) is 5.71. The molecule has 1 unspecified atom stereocenters. The van der Waals surface area contributed by atoms with Gasteiger partial charge in [0.05, 0.1) is 18.7 Å². The summed E-state index contributed by atoms with van der Waals surface area (Å²) in [6.45, 7) is 0.348. The fraction of sp³-hybridized carbons (Fsp3) is 0.278. The normalized spacial score (nSPS) is 12.0. The second-order valence-corrected chi connectivity index (χ2v) is 5.41. The Balaban J connectivity index is 2.15. The van der Waals surface area contributed by atoms with E-state index in [0.29, 0.717) is 6.54 Å². The predicted octanol–water partition coefficient (Wildman–Crippen LogP) is 2.87. The van der Waals surface area contributed by atoms with Crippen LogP contribution in [0.1, 0.15) is 22.0 Å². The molecule has 1 amide bonds. The molecule has 0 saturated heterocycles. The van der Waals surface area contributed by atoms with Crippen LogP contribution in [0.3, 0.4) is 0 Å². The molecule has 122 valence electrons. The molecule has 0 fully saturated rings. The third-order valence-corrected chi connectivity index (χ3v) is 3.70. The largest absolute Gasteiger partial charge is 0.496 e. The molecule has 2 aromatic rings. The van der Waals surface area contributed by atoms with Gasteiger partial charge in [-0.1, -0.05) is 30.3 Å². The van der Waals surface area contributed by atoms with E-state index in [0.717, 1.165) is 11.3 Å². The van der Waals surface area contributed by atoms with Gasteiger partial charge in [-0.15, -0.1) is 0 Å². The highest BCUT2D eigenvalue weighted by Gasteiger charge is 2.20. The number of nitrogens with zero attached hydrogens (tertiary/aromatic N) is 1. The summed E-state index contributed by atoms with van der Waals surface area (Å²) >= 11 is 0. The van der Waals surface area contributed by atoms with Gasteiger partial charge in [0.1, 0.15) is 11.6 Å². The second-order valence-electron chi connectivity index (χ2n) is 5.41. The Bertz CT molecular complexity index is 674. The van der Waals surface area contributed by atoms with E-state index < -0.39 is 11.7 Å². The summed E-state index contributed by atoms with van der Waals surface area (Å²) in [6, 6.07) is 13.5. The Morgan fingerprint density at radius 3 is 2.48 bits per heavy atom. The van der Waals surface area contributed by atoms with Crippen LogP contribution in [0, 0.1) is 5.82 Å². The fourth-order valence-electron chi connectivity index (χ4n) is 2.44. The molecule has 23 heavy (non-hydrogen) atoms. The SMILES string of the molecule is COc1ccccc1C(CNC(=O)c1ccccc1F)N(C)C. The van der Waals surface area contributed by atoms with Gasteiger partial charge < -0.3 is 15.0 Å². The number of hydrogen-bond acceptors (Lipinski definition) is 3. The number of methoxy groups -OCH3 is 1. The van der Waals surface area contributed by atoms with Crippen molar-refractivity contribution < 1.29 is 13.9 Å². The molecule has 0 saturated carbocycles. The van der Waals surface area contributed by atoms with Gasteiger partial charge in [0.15, 0.2) is 0 Å². The van der Waals surface area contributed by atoms with E-state index in [1.54, 1.807) is 19.2 Å². The number of amides is 1. The average molecular weight is 316 g/mol. The highest BCUT2D eigenvalue weighted by Crippen LogP contribution is 2.27. The molecule has 0 aromatic heterocycles. The van der Waals surface area contributed by atoms with Crippen LogP contribution in [-0.4, -0.2) is 38.6 Å². The number of benzene rings is 2. The second kappa shape index (κ2) is 7.74. The number of rotatable bonds is 6. The number of carbonyl (C=O) groups excluding carboxylic acids is 1. The predicted molar refractivity (Wildman–Crippen MR) is 88.2 cm³/mol. The first-order valence-electron chi connectivity index (χ1n) is 7.36. The van der Waals surface area contributed by atoms with Gasteiger partial charge in [-0.05, 0) is 32.3 Å². The molecular weight excluding hydrogens is 295 g/mol. The monoisotopic (exact) mass is 316 g/mol. The zero-order chi connectivity index (χ0) is 16.8. The summed E-state index contributed by atoms with van der Waals surface area (Å²) < 4.78 is 19.1. The van der Waals surface area contributed by atoms with E-state index in [1.165, 1.54) is 12.1 Å². The summed E-state index contributed by atoms with van der Waals surface area (Å²) in [5, 5.41) is 2.79. The van der Waals surface area contributed by atoms with E-state index in [2.05, 4.69) is 5.32 Å². The Morgan fingerprint density at radius 2 is 1.83 bits per heavy atom. The number of carbonyl (C=O) groups is 1. The van der Waals surface area contributed by atoms with Crippen LogP contribution in [0.4, 0.5) is 4.39 Å². The lowest BCUT2D eigenvalue weighted by Gasteiger charge is -2.26. The summed E-state index contributed by atoms with van der Waals surface area (Å²) in [6.07, 6.45) is 0. The first-order valence-corrected chi connectivity index (χ1v) is 7.36. The first kappa shape index (κ1) is 17.0. The van der Waals surface area contributed by atoms with Crippen LogP contribution in [-0.2, 0) is 0 Å². The topological polar surface area (TPSA) is 41.6 Å². The third-order valence-electron chi connectivity index (χ3n) is 3.70. The highest BCUT2D eigenvalue weighted by atomic mass is 19.1. The van der Waals surface area contributed by atoms with Crippen LogP contribution in [0.2, 0.25) is 0 Å². The molecule has 4 nitrogen and oxygen atoms in total. The smallest absolute Gasteiger partial charge is 0.254 e. The van der Waals surface area contributed by atoms with Crippen molar-refractivity contribution in [2.45, 2.75) is 6.04 Å². The minimum Gasteiger partial charge on any atom is -0.496 e. The molecule has 2 rings (SSSR count). The van der Waals surface area contributed by atoms with Gasteiger partial charge in [0.2, 0.25) is 0 Å². The lowest BCUT2D eigenvalue weighted by Crippen LogP contribution is -2.35. The molecule has 0 radical (unpaired) electrons. The van der Waals surface area contributed by atoms with Crippen LogP contribution >= 0.6 is 0 Å². The number of ether oxygens (including phenoxy) is 1. The third kappa shape index (κ3) is 4.07. The van der Waals surface area contributed by atoms with Gasteiger partial charge in [0, 0.05) is 12.1 Å². The maximum absolute atomic E-state index is 13.7. The molecule has 0 heterocycles. The van der Waals surface area contributed by atoms with Crippen molar-refractivity contribution in [1.29, 1.82) is 0 Å². The Labute approximate surface area is 135 Å². The van der Waals surface area contributed by atoms with Crippen molar-refractivity contribution in [2.75, 3.05) is 27.7 Å². The van der Waals surface area contributed by atoms with Crippen molar-refractivity contribution in [1.82, 2.24) is 10.2 Å². The quantitative estimate of drug-likeness (QED) is 0.891. The molecular formula is C18H21FN2O2. The maximum Gasteiger partial charge on any atom is 0.254 e. The van der Waals surface area contributed by atoms with Gasteiger partial charge >= 0.3 is 0 Å². The Hall–Kier alpha value is -2.40. The van der Waals surface area contributed by atoms with Crippen LogP contribution in [0.25, 0.3) is 0 Å². The molecule has 2 aromatic carbocycles. The van der Waals surface area contributed by atoms with Crippen LogP contribution in [0.15, 0.2) is 48.5 Å². The van der Waals surface area contributed by atoms with E-state index in [1.807, 2.05) is 43.3 Å². The zero-order valence-corrected chi connectivity index (χ0v) is 13.5. The molecule has 0 aliphatic carbocycles. The summed E-state index contributed by atoms with van der Waals surface area (Å²) in [4.78, 5) is 14.2. The number of hydrogen-bond donors (Lipinski definition) is 1. The van der Waals surface area contributed by atoms with Crippen molar-refractivity contribution >= 4 is 5.91 Å². The minimum atomic E-state index is -0.524. The summed E-state index contributed by atoms with van der Waals surface area (Å²) in [5.74, 6) is -0.195. The summed E-state index contributed by atoms with van der Waals surface area (Å²) in [7, 11) is 5.46. The molecule has 1 N–H and O–H groups in total. The van der Waals surface area contributed by atoms with E-state index in [4.69, 9.17) is 4.74 Å². The van der Waals surface area contributed by atoms with Crippen molar-refractivity contribution in [3.05, 3.63) is 65.5 Å². The van der Waals surface area contributed by atoms with Crippen LogP contribution in [0.5, 0.6) is 5.75 Å². The van der Waals surface area contributed by atoms with Gasteiger partial charge in [-0.3, -0.25) is 4.79 Å². The summed E-state index contributed by atoms with van der Waals surface area (Å²) in [5.41, 5.74) is 1.01. The van der Waals surface area contributed by atoms with E-state index in [9.17, 15) is 9.18 Å². The van der Waals surface area contributed by atoms with Crippen molar-refractivity contribution in [3.63, 3.8) is 0 Å².